The molecule has 1 aliphatic rings. The van der Waals surface area contributed by atoms with Gasteiger partial charge in [-0.3, -0.25) is 4.90 Å². The maximum absolute atomic E-state index is 12.1. The van der Waals surface area contributed by atoms with Gasteiger partial charge in [-0.15, -0.1) is 0 Å². The van der Waals surface area contributed by atoms with Gasteiger partial charge in [0.1, 0.15) is 5.75 Å². The van der Waals surface area contributed by atoms with E-state index in [0.29, 0.717) is 25.0 Å². The van der Waals surface area contributed by atoms with Crippen molar-refractivity contribution in [1.29, 1.82) is 0 Å². The molecule has 2 heterocycles. The van der Waals surface area contributed by atoms with Crippen molar-refractivity contribution in [3.63, 3.8) is 0 Å². The Morgan fingerprint density at radius 3 is 2.59 bits per heavy atom. The number of methoxy groups -OCH3 is 1. The van der Waals surface area contributed by atoms with Gasteiger partial charge in [0, 0.05) is 45.0 Å². The van der Waals surface area contributed by atoms with Gasteiger partial charge in [-0.25, -0.2) is 13.4 Å². The van der Waals surface area contributed by atoms with E-state index in [4.69, 9.17) is 4.74 Å². The van der Waals surface area contributed by atoms with Gasteiger partial charge in [0.2, 0.25) is 15.0 Å². The van der Waals surface area contributed by atoms with Crippen molar-refractivity contribution in [3.05, 3.63) is 36.2 Å². The zero-order valence-corrected chi connectivity index (χ0v) is 18.8. The number of rotatable bonds is 7. The Kier molecular flexibility index (Phi) is 6.53. The predicted molar refractivity (Wildman–Crippen MR) is 115 cm³/mol. The Hall–Kier alpha value is -2.06. The van der Waals surface area contributed by atoms with E-state index in [-0.39, 0.29) is 5.16 Å². The van der Waals surface area contributed by atoms with Crippen LogP contribution in [0.15, 0.2) is 35.6 Å². The van der Waals surface area contributed by atoms with Gasteiger partial charge in [0.15, 0.2) is 0 Å². The molecule has 2 aromatic rings. The largest absolute Gasteiger partial charge is 0.495 e. The summed E-state index contributed by atoms with van der Waals surface area (Å²) in [5, 5.41) is 0.168. The molecule has 1 aliphatic heterocycles. The second-order valence-electron chi connectivity index (χ2n) is 8.25. The quantitative estimate of drug-likeness (QED) is 0.686. The minimum Gasteiger partial charge on any atom is -0.495 e. The first-order valence-corrected chi connectivity index (χ1v) is 12.0. The van der Waals surface area contributed by atoms with Gasteiger partial charge < -0.3 is 14.2 Å². The number of aromatic nitrogens is 2. The number of benzene rings is 1. The molecular weight excluding hydrogens is 388 g/mol. The van der Waals surface area contributed by atoms with Gasteiger partial charge in [0.05, 0.1) is 24.7 Å². The molecule has 0 N–H and O–H groups in total. The summed E-state index contributed by atoms with van der Waals surface area (Å²) in [7, 11) is -1.65. The fourth-order valence-corrected chi connectivity index (χ4v) is 4.76. The summed E-state index contributed by atoms with van der Waals surface area (Å²) in [6, 6.07) is 8.42. The van der Waals surface area contributed by atoms with Crippen LogP contribution in [0.2, 0.25) is 0 Å². The molecule has 1 atom stereocenters. The standard InChI is InChI=1S/C21H32N4O3S/c1-16(2)13-25-18(12-22-21(25)29(5,26)27)15-23-10-11-24(14-17(23)3)19-8-6-7-9-20(19)28-4/h6-9,12,16-17H,10-11,13-15H2,1-5H3/t17-/m1/s1. The SMILES string of the molecule is COc1ccccc1N1CCN(Cc2cnc(S(C)(=O)=O)n2CC(C)C)[C@H](C)C1. The number of hydrogen-bond acceptors (Lipinski definition) is 6. The number of sulfone groups is 1. The molecule has 0 unspecified atom stereocenters. The first-order chi connectivity index (χ1) is 13.7. The number of nitrogens with zero attached hydrogens (tertiary/aromatic N) is 4. The lowest BCUT2D eigenvalue weighted by molar-refractivity contribution is 0.175. The highest BCUT2D eigenvalue weighted by molar-refractivity contribution is 7.90. The molecule has 0 radical (unpaired) electrons. The molecule has 29 heavy (non-hydrogen) atoms. The van der Waals surface area contributed by atoms with Gasteiger partial charge in [-0.05, 0) is 25.0 Å². The van der Waals surface area contributed by atoms with Gasteiger partial charge in [0.25, 0.3) is 0 Å². The Bertz CT molecular complexity index is 939. The van der Waals surface area contributed by atoms with Crippen LogP contribution in [-0.4, -0.2) is 61.9 Å². The highest BCUT2D eigenvalue weighted by Crippen LogP contribution is 2.30. The summed E-state index contributed by atoms with van der Waals surface area (Å²) in [4.78, 5) is 8.99. The molecule has 0 aliphatic carbocycles. The third-order valence-electron chi connectivity index (χ3n) is 5.34. The van der Waals surface area contributed by atoms with Crippen molar-refractivity contribution >= 4 is 15.5 Å². The monoisotopic (exact) mass is 420 g/mol. The fourth-order valence-electron chi connectivity index (χ4n) is 3.92. The number of para-hydroxylation sites is 2. The third kappa shape index (κ3) is 4.93. The van der Waals surface area contributed by atoms with Gasteiger partial charge in [-0.1, -0.05) is 26.0 Å². The van der Waals surface area contributed by atoms with Gasteiger partial charge in [-0.2, -0.15) is 0 Å². The molecule has 1 aromatic carbocycles. The average Bonchev–Trinajstić information content (AvgIpc) is 3.05. The first-order valence-electron chi connectivity index (χ1n) is 10.1. The van der Waals surface area contributed by atoms with E-state index in [0.717, 1.165) is 36.8 Å². The summed E-state index contributed by atoms with van der Waals surface area (Å²) in [6.45, 7) is 10.4. The van der Waals surface area contributed by atoms with Crippen LogP contribution >= 0.6 is 0 Å². The van der Waals surface area contributed by atoms with E-state index < -0.39 is 9.84 Å². The maximum atomic E-state index is 12.1. The van der Waals surface area contributed by atoms with Crippen molar-refractivity contribution in [3.8, 4) is 5.75 Å². The lowest BCUT2D eigenvalue weighted by atomic mass is 10.1. The van der Waals surface area contributed by atoms with Crippen molar-refractivity contribution in [2.24, 2.45) is 5.92 Å². The predicted octanol–water partition coefficient (Wildman–Crippen LogP) is 2.66. The summed E-state index contributed by atoms with van der Waals surface area (Å²) in [5.41, 5.74) is 2.07. The van der Waals surface area contributed by atoms with Crippen LogP contribution in [0, 0.1) is 5.92 Å². The highest BCUT2D eigenvalue weighted by atomic mass is 32.2. The Morgan fingerprint density at radius 1 is 1.24 bits per heavy atom. The van der Waals surface area contributed by atoms with E-state index in [1.165, 1.54) is 6.26 Å². The van der Waals surface area contributed by atoms with Crippen molar-refractivity contribution in [1.82, 2.24) is 14.5 Å². The number of piperazine rings is 1. The lowest BCUT2D eigenvalue weighted by Crippen LogP contribution is -2.51. The molecule has 160 valence electrons. The molecule has 0 amide bonds. The summed E-state index contributed by atoms with van der Waals surface area (Å²) < 4.78 is 31.7. The van der Waals surface area contributed by atoms with Crippen LogP contribution in [0.4, 0.5) is 5.69 Å². The Morgan fingerprint density at radius 2 is 1.97 bits per heavy atom. The normalized spacial score (nSPS) is 18.4. The molecule has 0 bridgehead atoms. The molecule has 7 nitrogen and oxygen atoms in total. The van der Waals surface area contributed by atoms with E-state index in [1.807, 2.05) is 22.8 Å². The molecule has 3 rings (SSSR count). The molecular formula is C21H32N4O3S. The van der Waals surface area contributed by atoms with Crippen molar-refractivity contribution in [2.45, 2.75) is 45.1 Å². The van der Waals surface area contributed by atoms with Crippen LogP contribution in [-0.2, 0) is 22.9 Å². The van der Waals surface area contributed by atoms with E-state index in [2.05, 4.69) is 41.6 Å². The van der Waals surface area contributed by atoms with E-state index >= 15 is 0 Å². The second kappa shape index (κ2) is 8.75. The minimum absolute atomic E-state index is 0.168. The molecule has 0 saturated carbocycles. The van der Waals surface area contributed by atoms with E-state index in [9.17, 15) is 8.42 Å². The minimum atomic E-state index is -3.35. The number of anilines is 1. The zero-order chi connectivity index (χ0) is 21.2. The smallest absolute Gasteiger partial charge is 0.227 e. The molecule has 1 fully saturated rings. The number of hydrogen-bond donors (Lipinski definition) is 0. The fraction of sp³-hybridized carbons (Fsp3) is 0.571. The summed E-state index contributed by atoms with van der Waals surface area (Å²) in [6.07, 6.45) is 2.95. The Labute approximate surface area is 174 Å². The topological polar surface area (TPSA) is 67.7 Å². The maximum Gasteiger partial charge on any atom is 0.227 e. The molecule has 1 aromatic heterocycles. The summed E-state index contributed by atoms with van der Waals surface area (Å²) in [5.74, 6) is 1.23. The Balaban J connectivity index is 1.76. The number of ether oxygens (including phenoxy) is 1. The van der Waals surface area contributed by atoms with Crippen LogP contribution in [0.1, 0.15) is 26.5 Å². The van der Waals surface area contributed by atoms with Crippen molar-refractivity contribution in [2.75, 3.05) is 37.9 Å². The number of imidazole rings is 1. The first kappa shape index (κ1) is 21.6. The highest BCUT2D eigenvalue weighted by Gasteiger charge is 2.27. The summed E-state index contributed by atoms with van der Waals surface area (Å²) >= 11 is 0. The van der Waals surface area contributed by atoms with E-state index in [1.54, 1.807) is 13.3 Å². The molecule has 8 heteroatoms. The molecule has 1 saturated heterocycles. The lowest BCUT2D eigenvalue weighted by Gasteiger charge is -2.41. The van der Waals surface area contributed by atoms with Gasteiger partial charge >= 0.3 is 0 Å². The average molecular weight is 421 g/mol. The van der Waals surface area contributed by atoms with Crippen LogP contribution in [0.3, 0.4) is 0 Å². The van der Waals surface area contributed by atoms with Crippen LogP contribution in [0.5, 0.6) is 5.75 Å². The van der Waals surface area contributed by atoms with Crippen molar-refractivity contribution < 1.29 is 13.2 Å². The third-order valence-corrected chi connectivity index (χ3v) is 6.33. The second-order valence-corrected chi connectivity index (χ2v) is 10.2. The van der Waals surface area contributed by atoms with Crippen LogP contribution < -0.4 is 9.64 Å². The molecule has 0 spiro atoms. The van der Waals surface area contributed by atoms with Crippen LogP contribution in [0.25, 0.3) is 0 Å². The zero-order valence-electron chi connectivity index (χ0n) is 18.0.